The first-order valence-corrected chi connectivity index (χ1v) is 12.9. The Balaban J connectivity index is 1.54. The van der Waals surface area contributed by atoms with Crippen molar-refractivity contribution in [3.05, 3.63) is 119 Å². The van der Waals surface area contributed by atoms with Crippen molar-refractivity contribution in [2.75, 3.05) is 0 Å². The smallest absolute Gasteiger partial charge is 0.143 e. The summed E-state index contributed by atoms with van der Waals surface area (Å²) in [5, 5.41) is 2.33. The summed E-state index contributed by atoms with van der Waals surface area (Å²) in [4.78, 5) is 0. The maximum atomic E-state index is 8.94. The van der Waals surface area contributed by atoms with Crippen LogP contribution in [0, 0.1) is 0 Å². The summed E-state index contributed by atoms with van der Waals surface area (Å²) >= 11 is 3.48. The lowest BCUT2D eigenvalue weighted by Gasteiger charge is -2.21. The van der Waals surface area contributed by atoms with E-state index in [-0.39, 0.29) is 55.6 Å². The van der Waals surface area contributed by atoms with Gasteiger partial charge in [0.1, 0.15) is 11.2 Å². The Morgan fingerprint density at radius 1 is 0.676 bits per heavy atom. The van der Waals surface area contributed by atoms with Gasteiger partial charge in [0, 0.05) is 26.2 Å². The van der Waals surface area contributed by atoms with E-state index in [4.69, 9.17) is 15.4 Å². The molecule has 1 aliphatic carbocycles. The van der Waals surface area contributed by atoms with Gasteiger partial charge in [-0.15, -0.1) is 0 Å². The molecule has 0 saturated carbocycles. The van der Waals surface area contributed by atoms with Gasteiger partial charge in [-0.2, -0.15) is 0 Å². The zero-order chi connectivity index (χ0) is 31.9. The molecule has 6 aromatic carbocycles. The molecule has 1 nitrogen and oxygen atoms in total. The van der Waals surface area contributed by atoms with Gasteiger partial charge < -0.3 is 4.42 Å². The van der Waals surface area contributed by atoms with Crippen LogP contribution in [0.5, 0.6) is 0 Å². The first kappa shape index (κ1) is 14.8. The fourth-order valence-corrected chi connectivity index (χ4v) is 6.64. The van der Waals surface area contributed by atoms with Crippen LogP contribution in [0.15, 0.2) is 112 Å². The molecule has 176 valence electrons. The average Bonchev–Trinajstić information content (AvgIpc) is 3.52. The highest BCUT2D eigenvalue weighted by molar-refractivity contribution is 9.10. The van der Waals surface area contributed by atoms with E-state index in [1.165, 1.54) is 11.1 Å². The summed E-state index contributed by atoms with van der Waals surface area (Å²) in [5.41, 5.74) is 6.62. The summed E-state index contributed by atoms with van der Waals surface area (Å²) in [6.07, 6.45) is 0. The maximum Gasteiger partial charge on any atom is 0.143 e. The molecule has 0 fully saturated rings. The van der Waals surface area contributed by atoms with Crippen molar-refractivity contribution in [3.63, 3.8) is 0 Å². The lowest BCUT2D eigenvalue weighted by Crippen LogP contribution is -2.14. The Kier molecular flexibility index (Phi) is 2.93. The van der Waals surface area contributed by atoms with Gasteiger partial charge in [0.15, 0.2) is 0 Å². The molecule has 0 amide bonds. The minimum absolute atomic E-state index is 0.155. The van der Waals surface area contributed by atoms with Crippen molar-refractivity contribution >= 4 is 59.4 Å². The second kappa shape index (κ2) is 7.34. The van der Waals surface area contributed by atoms with E-state index in [2.05, 4.69) is 48.0 Å². The third kappa shape index (κ3) is 2.74. The highest BCUT2D eigenvalue weighted by atomic mass is 79.9. The Bertz CT molecular complexity index is 2430. The predicted molar refractivity (Wildman–Crippen MR) is 159 cm³/mol. The molecule has 0 bridgehead atoms. The highest BCUT2D eigenvalue weighted by Crippen LogP contribution is 2.52. The highest BCUT2D eigenvalue weighted by Gasteiger charge is 2.37. The fraction of sp³-hybridized carbons (Fsp3) is 0.0857. The van der Waals surface area contributed by atoms with Gasteiger partial charge >= 0.3 is 0 Å². The number of hydrogen-bond donors (Lipinski definition) is 0. The van der Waals surface area contributed by atoms with Gasteiger partial charge in [-0.3, -0.25) is 0 Å². The molecule has 0 aliphatic heterocycles. The summed E-state index contributed by atoms with van der Waals surface area (Å²) < 4.78 is 75.8. The van der Waals surface area contributed by atoms with Gasteiger partial charge in [0.05, 0.1) is 11.0 Å². The molecule has 2 heteroatoms. The zero-order valence-electron chi connectivity index (χ0n) is 28.0. The summed E-state index contributed by atoms with van der Waals surface area (Å²) in [6.45, 7) is 4.41. The van der Waals surface area contributed by atoms with Crippen LogP contribution >= 0.6 is 15.9 Å². The topological polar surface area (TPSA) is 13.1 Å². The molecule has 7 aromatic rings. The van der Waals surface area contributed by atoms with Crippen LogP contribution < -0.4 is 0 Å². The molecular weight excluding hydrogens is 516 g/mol. The summed E-state index contributed by atoms with van der Waals surface area (Å²) in [6, 6.07) is 15.2. The second-order valence-electron chi connectivity index (χ2n) is 10.0. The van der Waals surface area contributed by atoms with Gasteiger partial charge in [0.25, 0.3) is 0 Å². The van der Waals surface area contributed by atoms with E-state index < -0.39 is 24.2 Å². The van der Waals surface area contributed by atoms with E-state index in [9.17, 15) is 0 Å². The van der Waals surface area contributed by atoms with Crippen molar-refractivity contribution in [2.24, 2.45) is 0 Å². The molecule has 0 radical (unpaired) electrons. The predicted octanol–water partition coefficient (Wildman–Crippen LogP) is 10.6. The van der Waals surface area contributed by atoms with Crippen molar-refractivity contribution in [1.29, 1.82) is 0 Å². The third-order valence-corrected chi connectivity index (χ3v) is 8.58. The molecule has 1 aromatic heterocycles. The number of furan rings is 1. The normalized spacial score (nSPS) is 17.1. The van der Waals surface area contributed by atoms with Crippen LogP contribution in [0.1, 0.15) is 35.9 Å². The zero-order valence-corrected chi connectivity index (χ0v) is 21.6. The van der Waals surface area contributed by atoms with E-state index in [0.29, 0.717) is 16.7 Å². The van der Waals surface area contributed by atoms with Crippen molar-refractivity contribution < 1.29 is 15.4 Å². The van der Waals surface area contributed by atoms with Crippen LogP contribution in [0.4, 0.5) is 0 Å². The van der Waals surface area contributed by atoms with Gasteiger partial charge in [-0.1, -0.05) is 105 Å². The monoisotopic (exact) mass is 546 g/mol. The second-order valence-corrected chi connectivity index (χ2v) is 10.8. The van der Waals surface area contributed by atoms with E-state index in [1.54, 1.807) is 6.07 Å². The maximum absolute atomic E-state index is 8.94. The summed E-state index contributed by atoms with van der Waals surface area (Å²) in [5.74, 6) is 0. The molecule has 37 heavy (non-hydrogen) atoms. The Hall–Kier alpha value is -3.88. The quantitative estimate of drug-likeness (QED) is 0.186. The van der Waals surface area contributed by atoms with Crippen LogP contribution in [0.25, 0.3) is 65.7 Å². The first-order chi connectivity index (χ1) is 21.4. The van der Waals surface area contributed by atoms with E-state index >= 15 is 0 Å². The number of fused-ring (bicyclic) bond motifs is 9. The molecule has 1 heterocycles. The molecule has 0 N–H and O–H groups in total. The lowest BCUT2D eigenvalue weighted by atomic mass is 9.82. The SMILES string of the molecule is [2H]c1c([2H])c([2H])c2c(-c3ccc4oc5c6c(ccc5c4c3)C(C)(C)c3ccccc3-6)c3c([2H])c([2H])c([2H])c([2H])c3c(Br)c2c1[2H]. The van der Waals surface area contributed by atoms with Crippen molar-refractivity contribution in [3.8, 4) is 22.3 Å². The fourth-order valence-electron chi connectivity index (χ4n) is 6.04. The molecular formula is C35H23BrO. The third-order valence-electron chi connectivity index (χ3n) is 7.79. The van der Waals surface area contributed by atoms with Crippen LogP contribution in [0.3, 0.4) is 0 Å². The molecule has 8 rings (SSSR count). The van der Waals surface area contributed by atoms with Crippen molar-refractivity contribution in [2.45, 2.75) is 19.3 Å². The minimum atomic E-state index is -0.424. The van der Waals surface area contributed by atoms with Crippen LogP contribution in [0.2, 0.25) is 0 Å². The number of rotatable bonds is 1. The largest absolute Gasteiger partial charge is 0.455 e. The molecule has 0 spiro atoms. The number of hydrogen-bond acceptors (Lipinski definition) is 1. The Morgan fingerprint density at radius 2 is 1.35 bits per heavy atom. The summed E-state index contributed by atoms with van der Waals surface area (Å²) in [7, 11) is 0. The van der Waals surface area contributed by atoms with Gasteiger partial charge in [-0.25, -0.2) is 0 Å². The Morgan fingerprint density at radius 3 is 2.08 bits per heavy atom. The van der Waals surface area contributed by atoms with Crippen LogP contribution in [-0.2, 0) is 5.41 Å². The molecule has 0 unspecified atom stereocenters. The lowest BCUT2D eigenvalue weighted by molar-refractivity contribution is 0.653. The molecule has 1 aliphatic rings. The van der Waals surface area contributed by atoms with Gasteiger partial charge in [-0.05, 0) is 77.4 Å². The number of halogens is 1. The molecule has 0 saturated heterocycles. The Labute approximate surface area is 234 Å². The van der Waals surface area contributed by atoms with Crippen molar-refractivity contribution in [1.82, 2.24) is 0 Å². The van der Waals surface area contributed by atoms with E-state index in [1.807, 2.05) is 30.3 Å². The van der Waals surface area contributed by atoms with Crippen LogP contribution in [-0.4, -0.2) is 0 Å². The van der Waals surface area contributed by atoms with Gasteiger partial charge in [0.2, 0.25) is 0 Å². The first-order valence-electron chi connectivity index (χ1n) is 16.1. The van der Waals surface area contributed by atoms with E-state index in [0.717, 1.165) is 27.5 Å². The minimum Gasteiger partial charge on any atom is -0.455 e. The molecule has 0 atom stereocenters. The average molecular weight is 548 g/mol. The standard InChI is InChI=1S/C35H23BrO/c1-35(2)28-14-8-7-13-26(28)32-29(35)17-16-25-27-19-20(15-18-30(27)37-34(25)32)31-21-9-3-5-11-23(21)33(36)24-12-6-4-10-22(24)31/h3-19H,1-2H3/i3D,4D,5D,6D,9D,10D,11D,12D. The number of benzene rings is 6.